The van der Waals surface area contributed by atoms with Gasteiger partial charge in [0.15, 0.2) is 0 Å². The summed E-state index contributed by atoms with van der Waals surface area (Å²) in [4.78, 5) is 11.8. The topological polar surface area (TPSA) is 26.3 Å². The molecule has 2 nitrogen and oxygen atoms in total. The highest BCUT2D eigenvalue weighted by Crippen LogP contribution is 2.14. The van der Waals surface area contributed by atoms with E-state index < -0.39 is 0 Å². The van der Waals surface area contributed by atoms with Gasteiger partial charge in [-0.05, 0) is 17.2 Å². The lowest BCUT2D eigenvalue weighted by atomic mass is 10.0. The van der Waals surface area contributed by atoms with E-state index in [-0.39, 0.29) is 5.97 Å². The lowest BCUT2D eigenvalue weighted by Gasteiger charge is -2.06. The molecule has 2 aromatic rings. The van der Waals surface area contributed by atoms with Crippen LogP contribution in [0.1, 0.15) is 11.1 Å². The van der Waals surface area contributed by atoms with Crippen molar-refractivity contribution < 1.29 is 9.53 Å². The highest BCUT2D eigenvalue weighted by Gasteiger charge is 2.10. The lowest BCUT2D eigenvalue weighted by Crippen LogP contribution is -2.07. The van der Waals surface area contributed by atoms with Crippen molar-refractivity contribution in [2.75, 3.05) is 7.11 Å². The second kappa shape index (κ2) is 6.55. The first-order valence-electron chi connectivity index (χ1n) is 6.17. The Morgan fingerprint density at radius 1 is 1.00 bits per heavy atom. The smallest absolute Gasteiger partial charge is 0.334 e. The molecule has 2 heteroatoms. The maximum absolute atomic E-state index is 11.8. The number of hydrogen-bond donors (Lipinski definition) is 0. The van der Waals surface area contributed by atoms with Crippen molar-refractivity contribution in [2.24, 2.45) is 0 Å². The fourth-order valence-corrected chi connectivity index (χ4v) is 1.88. The van der Waals surface area contributed by atoms with Gasteiger partial charge in [0.2, 0.25) is 0 Å². The third-order valence-corrected chi connectivity index (χ3v) is 2.83. The summed E-state index contributed by atoms with van der Waals surface area (Å²) in [6.45, 7) is 0. The molecule has 0 saturated carbocycles. The monoisotopic (exact) mass is 252 g/mol. The number of hydrogen-bond acceptors (Lipinski definition) is 2. The van der Waals surface area contributed by atoms with Crippen LogP contribution >= 0.6 is 0 Å². The van der Waals surface area contributed by atoms with Gasteiger partial charge >= 0.3 is 5.97 Å². The van der Waals surface area contributed by atoms with E-state index in [1.54, 1.807) is 0 Å². The van der Waals surface area contributed by atoms with Crippen molar-refractivity contribution in [3.8, 4) is 0 Å². The molecule has 0 atom stereocenters. The Kier molecular flexibility index (Phi) is 4.51. The molecule has 0 saturated heterocycles. The van der Waals surface area contributed by atoms with Crippen LogP contribution in [0.4, 0.5) is 0 Å². The van der Waals surface area contributed by atoms with E-state index in [1.807, 2.05) is 66.7 Å². The minimum atomic E-state index is -0.285. The van der Waals surface area contributed by atoms with E-state index in [2.05, 4.69) is 0 Å². The number of methoxy groups -OCH3 is 1. The number of carbonyl (C=O) groups excluding carboxylic acids is 1. The van der Waals surface area contributed by atoms with Crippen LogP contribution in [0.15, 0.2) is 66.2 Å². The molecule has 0 heterocycles. The van der Waals surface area contributed by atoms with Crippen LogP contribution in [-0.4, -0.2) is 13.1 Å². The standard InChI is InChI=1S/C17H16O2/c1-19-17(18)16(12-14-8-4-2-5-9-14)13-15-10-6-3-7-11-15/h2-12H,13H2,1H3. The Morgan fingerprint density at radius 3 is 2.16 bits per heavy atom. The largest absolute Gasteiger partial charge is 0.466 e. The molecule has 0 fully saturated rings. The first-order chi connectivity index (χ1) is 9.29. The van der Waals surface area contributed by atoms with Gasteiger partial charge in [-0.3, -0.25) is 0 Å². The van der Waals surface area contributed by atoms with Crippen LogP contribution in [0.2, 0.25) is 0 Å². The summed E-state index contributed by atoms with van der Waals surface area (Å²) in [5.74, 6) is -0.285. The van der Waals surface area contributed by atoms with Crippen LogP contribution in [0.25, 0.3) is 6.08 Å². The molecule has 0 amide bonds. The molecule has 0 unspecified atom stereocenters. The summed E-state index contributed by atoms with van der Waals surface area (Å²) in [6.07, 6.45) is 2.45. The van der Waals surface area contributed by atoms with Crippen LogP contribution in [0.5, 0.6) is 0 Å². The predicted octanol–water partition coefficient (Wildman–Crippen LogP) is 3.49. The minimum Gasteiger partial charge on any atom is -0.466 e. The molecule has 2 rings (SSSR count). The quantitative estimate of drug-likeness (QED) is 0.615. The van der Waals surface area contributed by atoms with Crippen molar-refractivity contribution in [1.82, 2.24) is 0 Å². The van der Waals surface area contributed by atoms with Crippen LogP contribution in [0.3, 0.4) is 0 Å². The molecule has 0 aliphatic heterocycles. The SMILES string of the molecule is COC(=O)C(=Cc1ccccc1)Cc1ccccc1. The zero-order chi connectivity index (χ0) is 13.5. The lowest BCUT2D eigenvalue weighted by molar-refractivity contribution is -0.136. The Balaban J connectivity index is 2.27. The average Bonchev–Trinajstić information content (AvgIpc) is 2.48. The molecule has 19 heavy (non-hydrogen) atoms. The predicted molar refractivity (Wildman–Crippen MR) is 76.6 cm³/mol. The molecular weight excluding hydrogens is 236 g/mol. The van der Waals surface area contributed by atoms with E-state index in [4.69, 9.17) is 4.74 Å². The van der Waals surface area contributed by atoms with E-state index >= 15 is 0 Å². The Labute approximate surface area is 113 Å². The molecule has 2 aromatic carbocycles. The normalized spacial score (nSPS) is 11.1. The number of carbonyl (C=O) groups is 1. The average molecular weight is 252 g/mol. The fourth-order valence-electron chi connectivity index (χ4n) is 1.88. The third-order valence-electron chi connectivity index (χ3n) is 2.83. The summed E-state index contributed by atoms with van der Waals surface area (Å²) < 4.78 is 4.85. The van der Waals surface area contributed by atoms with Crippen molar-refractivity contribution in [3.05, 3.63) is 77.4 Å². The Morgan fingerprint density at radius 2 is 1.58 bits per heavy atom. The van der Waals surface area contributed by atoms with Gasteiger partial charge in [0, 0.05) is 12.0 Å². The number of rotatable bonds is 4. The summed E-state index contributed by atoms with van der Waals surface area (Å²) in [5, 5.41) is 0. The summed E-state index contributed by atoms with van der Waals surface area (Å²) in [5.41, 5.74) is 2.74. The maximum Gasteiger partial charge on any atom is 0.334 e. The first kappa shape index (κ1) is 13.1. The van der Waals surface area contributed by atoms with Crippen molar-refractivity contribution in [2.45, 2.75) is 6.42 Å². The second-order valence-electron chi connectivity index (χ2n) is 4.23. The van der Waals surface area contributed by atoms with Gasteiger partial charge in [-0.2, -0.15) is 0 Å². The van der Waals surface area contributed by atoms with E-state index in [1.165, 1.54) is 7.11 Å². The Hall–Kier alpha value is -2.35. The van der Waals surface area contributed by atoms with Crippen LogP contribution in [0, 0.1) is 0 Å². The van der Waals surface area contributed by atoms with Gasteiger partial charge in [-0.1, -0.05) is 60.7 Å². The molecule has 96 valence electrons. The zero-order valence-electron chi connectivity index (χ0n) is 10.9. The highest BCUT2D eigenvalue weighted by molar-refractivity contribution is 5.94. The highest BCUT2D eigenvalue weighted by atomic mass is 16.5. The minimum absolute atomic E-state index is 0.285. The Bertz CT molecular complexity index is 556. The molecule has 0 N–H and O–H groups in total. The molecule has 0 spiro atoms. The molecular formula is C17H16O2. The van der Waals surface area contributed by atoms with Gasteiger partial charge in [0.05, 0.1) is 7.11 Å². The summed E-state index contributed by atoms with van der Waals surface area (Å²) in [7, 11) is 1.41. The van der Waals surface area contributed by atoms with Crippen LogP contribution < -0.4 is 0 Å². The first-order valence-corrected chi connectivity index (χ1v) is 6.17. The molecule has 0 radical (unpaired) electrons. The summed E-state index contributed by atoms with van der Waals surface area (Å²) in [6, 6.07) is 19.7. The van der Waals surface area contributed by atoms with E-state index in [0.29, 0.717) is 12.0 Å². The van der Waals surface area contributed by atoms with Crippen molar-refractivity contribution >= 4 is 12.0 Å². The van der Waals surface area contributed by atoms with Gasteiger partial charge < -0.3 is 4.74 Å². The van der Waals surface area contributed by atoms with Crippen LogP contribution in [-0.2, 0) is 16.0 Å². The van der Waals surface area contributed by atoms with Gasteiger partial charge in [-0.15, -0.1) is 0 Å². The van der Waals surface area contributed by atoms with E-state index in [0.717, 1.165) is 11.1 Å². The molecule has 0 aromatic heterocycles. The van der Waals surface area contributed by atoms with Gasteiger partial charge in [0.25, 0.3) is 0 Å². The van der Waals surface area contributed by atoms with Gasteiger partial charge in [0.1, 0.15) is 0 Å². The summed E-state index contributed by atoms with van der Waals surface area (Å²) >= 11 is 0. The van der Waals surface area contributed by atoms with Crippen molar-refractivity contribution in [3.63, 3.8) is 0 Å². The number of benzene rings is 2. The van der Waals surface area contributed by atoms with Crippen molar-refractivity contribution in [1.29, 1.82) is 0 Å². The third kappa shape index (κ3) is 3.81. The molecule has 0 bridgehead atoms. The second-order valence-corrected chi connectivity index (χ2v) is 4.23. The molecule has 0 aliphatic carbocycles. The number of esters is 1. The number of ether oxygens (including phenoxy) is 1. The van der Waals surface area contributed by atoms with Gasteiger partial charge in [-0.25, -0.2) is 4.79 Å². The zero-order valence-corrected chi connectivity index (χ0v) is 10.9. The fraction of sp³-hybridized carbons (Fsp3) is 0.118. The van der Waals surface area contributed by atoms with E-state index in [9.17, 15) is 4.79 Å². The maximum atomic E-state index is 11.8. The molecule has 0 aliphatic rings.